The van der Waals surface area contributed by atoms with E-state index < -0.39 is 0 Å². The average molecular weight is 405 g/mol. The summed E-state index contributed by atoms with van der Waals surface area (Å²) < 4.78 is 16.9. The van der Waals surface area contributed by atoms with E-state index in [1.807, 2.05) is 0 Å². The number of ether oxygens (including phenoxy) is 3. The highest BCUT2D eigenvalue weighted by Gasteiger charge is 2.50. The van der Waals surface area contributed by atoms with E-state index in [0.29, 0.717) is 44.3 Å². The Labute approximate surface area is 174 Å². The first-order chi connectivity index (χ1) is 14.1. The van der Waals surface area contributed by atoms with E-state index in [2.05, 4.69) is 24.5 Å². The lowest BCUT2D eigenvalue weighted by atomic mass is 9.66. The first-order valence-electron chi connectivity index (χ1n) is 11.2. The molecule has 1 saturated carbocycles. The Morgan fingerprint density at radius 2 is 2.00 bits per heavy atom. The molecule has 2 aliphatic carbocycles. The van der Waals surface area contributed by atoms with Gasteiger partial charge in [0, 0.05) is 25.8 Å². The molecule has 3 heterocycles. The van der Waals surface area contributed by atoms with Crippen LogP contribution in [0.15, 0.2) is 0 Å². The summed E-state index contributed by atoms with van der Waals surface area (Å²) in [5.74, 6) is 3.20. The molecular formula is C22H36N4O3. The maximum absolute atomic E-state index is 6.32. The van der Waals surface area contributed by atoms with Crippen LogP contribution in [0.3, 0.4) is 0 Å². The highest BCUT2D eigenvalue weighted by Crippen LogP contribution is 2.49. The lowest BCUT2D eigenvalue weighted by Gasteiger charge is -2.54. The van der Waals surface area contributed by atoms with Crippen LogP contribution in [-0.2, 0) is 27.1 Å². The van der Waals surface area contributed by atoms with Gasteiger partial charge < -0.3 is 24.8 Å². The van der Waals surface area contributed by atoms with Crippen molar-refractivity contribution in [2.45, 2.75) is 64.1 Å². The molecule has 0 spiro atoms. The molecule has 5 rings (SSSR count). The van der Waals surface area contributed by atoms with Crippen molar-refractivity contribution in [2.24, 2.45) is 11.8 Å². The van der Waals surface area contributed by atoms with Gasteiger partial charge in [-0.1, -0.05) is 6.92 Å². The van der Waals surface area contributed by atoms with Gasteiger partial charge in [0.2, 0.25) is 5.95 Å². The molecular weight excluding hydrogens is 368 g/mol. The number of hydrogen-bond donors (Lipinski definition) is 2. The van der Waals surface area contributed by atoms with E-state index in [1.54, 1.807) is 7.11 Å². The predicted molar refractivity (Wildman–Crippen MR) is 114 cm³/mol. The van der Waals surface area contributed by atoms with Crippen LogP contribution >= 0.6 is 0 Å². The molecule has 2 N–H and O–H groups in total. The molecule has 2 aliphatic heterocycles. The molecule has 2 saturated heterocycles. The third kappa shape index (κ3) is 5.01. The van der Waals surface area contributed by atoms with Crippen molar-refractivity contribution < 1.29 is 14.2 Å². The summed E-state index contributed by atoms with van der Waals surface area (Å²) in [4.78, 5) is 9.65. The number of anilines is 2. The minimum absolute atomic E-state index is 0.00487. The summed E-state index contributed by atoms with van der Waals surface area (Å²) in [7, 11) is 1.68. The molecule has 1 aromatic heterocycles. The molecule has 3 fully saturated rings. The Kier molecular flexibility index (Phi) is 6.56. The Hall–Kier alpha value is -1.44. The van der Waals surface area contributed by atoms with Gasteiger partial charge >= 0.3 is 0 Å². The zero-order valence-electron chi connectivity index (χ0n) is 18.1. The van der Waals surface area contributed by atoms with E-state index in [9.17, 15) is 0 Å². The molecule has 0 amide bonds. The molecule has 4 aliphatic rings. The van der Waals surface area contributed by atoms with Gasteiger partial charge in [-0.15, -0.1) is 0 Å². The van der Waals surface area contributed by atoms with Crippen LogP contribution in [0.2, 0.25) is 0 Å². The van der Waals surface area contributed by atoms with E-state index in [1.165, 1.54) is 36.9 Å². The van der Waals surface area contributed by atoms with Crippen LogP contribution in [0.5, 0.6) is 0 Å². The van der Waals surface area contributed by atoms with E-state index >= 15 is 0 Å². The third-order valence-corrected chi connectivity index (χ3v) is 6.50. The average Bonchev–Trinajstić information content (AvgIpc) is 2.67. The van der Waals surface area contributed by atoms with Gasteiger partial charge in [0.05, 0.1) is 37.2 Å². The molecule has 29 heavy (non-hydrogen) atoms. The summed E-state index contributed by atoms with van der Waals surface area (Å²) in [5.41, 5.74) is 2.48. The Bertz CT molecular complexity index is 693. The maximum Gasteiger partial charge on any atom is 0.224 e. The van der Waals surface area contributed by atoms with Crippen LogP contribution < -0.4 is 10.6 Å². The summed E-state index contributed by atoms with van der Waals surface area (Å²) >= 11 is 0. The zero-order chi connectivity index (χ0) is 20.3. The number of methoxy groups -OCH3 is 1. The lowest BCUT2D eigenvalue weighted by molar-refractivity contribution is -0.203. The smallest absolute Gasteiger partial charge is 0.224 e. The van der Waals surface area contributed by atoms with Gasteiger partial charge in [0.15, 0.2) is 0 Å². The molecule has 162 valence electrons. The summed E-state index contributed by atoms with van der Waals surface area (Å²) in [6.45, 7) is 7.86. The molecule has 7 nitrogen and oxygen atoms in total. The normalized spacial score (nSPS) is 30.4. The standard InChI is InChI=1S/C22H36N4O3/c1-15-4-5-18-19(10-15)25-21(23-6-7-28-9-8-27-3)26-20(18)24-14-22-12-17(13-22)11-16(2)29-22/h15-17H,4-14H2,1-3H3,(H2,23,24,25,26). The molecule has 0 aromatic carbocycles. The fraction of sp³-hybridized carbons (Fsp3) is 0.818. The van der Waals surface area contributed by atoms with Crippen LogP contribution in [0.25, 0.3) is 0 Å². The summed E-state index contributed by atoms with van der Waals surface area (Å²) in [6.07, 6.45) is 7.21. The van der Waals surface area contributed by atoms with Gasteiger partial charge in [-0.05, 0) is 57.3 Å². The van der Waals surface area contributed by atoms with E-state index in [4.69, 9.17) is 24.2 Å². The van der Waals surface area contributed by atoms with Gasteiger partial charge in [0.25, 0.3) is 0 Å². The molecule has 2 unspecified atom stereocenters. The Balaban J connectivity index is 1.40. The van der Waals surface area contributed by atoms with Crippen molar-refractivity contribution in [3.63, 3.8) is 0 Å². The fourth-order valence-corrected chi connectivity index (χ4v) is 5.12. The molecule has 7 heteroatoms. The molecule has 2 atom stereocenters. The lowest BCUT2D eigenvalue weighted by Crippen LogP contribution is -2.57. The Morgan fingerprint density at radius 3 is 2.79 bits per heavy atom. The predicted octanol–water partition coefficient (Wildman–Crippen LogP) is 3.05. The third-order valence-electron chi connectivity index (χ3n) is 6.50. The molecule has 2 bridgehead atoms. The topological polar surface area (TPSA) is 77.5 Å². The van der Waals surface area contributed by atoms with Crippen molar-refractivity contribution in [1.82, 2.24) is 9.97 Å². The minimum Gasteiger partial charge on any atom is -0.382 e. The first-order valence-corrected chi connectivity index (χ1v) is 11.2. The van der Waals surface area contributed by atoms with Crippen molar-refractivity contribution in [2.75, 3.05) is 50.7 Å². The number of aromatic nitrogens is 2. The number of hydrogen-bond acceptors (Lipinski definition) is 7. The van der Waals surface area contributed by atoms with Crippen LogP contribution in [0, 0.1) is 11.8 Å². The second kappa shape index (κ2) is 9.14. The maximum atomic E-state index is 6.32. The minimum atomic E-state index is 0.00487. The summed E-state index contributed by atoms with van der Waals surface area (Å²) in [6, 6.07) is 0. The van der Waals surface area contributed by atoms with Crippen molar-refractivity contribution >= 4 is 11.8 Å². The molecule has 0 radical (unpaired) electrons. The second-order valence-corrected chi connectivity index (χ2v) is 9.18. The zero-order valence-corrected chi connectivity index (χ0v) is 18.1. The summed E-state index contributed by atoms with van der Waals surface area (Å²) in [5, 5.41) is 6.98. The monoisotopic (exact) mass is 404 g/mol. The van der Waals surface area contributed by atoms with E-state index in [-0.39, 0.29) is 5.60 Å². The largest absolute Gasteiger partial charge is 0.382 e. The first kappa shape index (κ1) is 20.8. The second-order valence-electron chi connectivity index (χ2n) is 9.18. The van der Waals surface area contributed by atoms with Crippen molar-refractivity contribution in [3.05, 3.63) is 11.3 Å². The van der Waals surface area contributed by atoms with Crippen molar-refractivity contribution in [1.29, 1.82) is 0 Å². The van der Waals surface area contributed by atoms with Gasteiger partial charge in [0.1, 0.15) is 5.82 Å². The van der Waals surface area contributed by atoms with Crippen LogP contribution in [0.1, 0.15) is 50.8 Å². The van der Waals surface area contributed by atoms with Crippen LogP contribution in [0.4, 0.5) is 11.8 Å². The Morgan fingerprint density at radius 1 is 1.14 bits per heavy atom. The van der Waals surface area contributed by atoms with Crippen molar-refractivity contribution in [3.8, 4) is 0 Å². The number of rotatable bonds is 10. The van der Waals surface area contributed by atoms with Gasteiger partial charge in [-0.2, -0.15) is 4.98 Å². The number of nitrogens with one attached hydrogen (secondary N) is 2. The quantitative estimate of drug-likeness (QED) is 0.580. The van der Waals surface area contributed by atoms with Gasteiger partial charge in [-0.25, -0.2) is 4.98 Å². The van der Waals surface area contributed by atoms with Crippen LogP contribution in [-0.4, -0.2) is 61.7 Å². The SMILES string of the molecule is COCCOCCNc1nc2c(c(NCC34CC(CC(C)O3)C4)n1)CCC(C)C2. The van der Waals surface area contributed by atoms with E-state index in [0.717, 1.165) is 31.1 Å². The highest BCUT2D eigenvalue weighted by atomic mass is 16.5. The number of nitrogens with zero attached hydrogens (tertiary/aromatic N) is 2. The highest BCUT2D eigenvalue weighted by molar-refractivity contribution is 5.52. The number of fused-ring (bicyclic) bond motifs is 3. The van der Waals surface area contributed by atoms with Gasteiger partial charge in [-0.3, -0.25) is 0 Å². The fourth-order valence-electron chi connectivity index (χ4n) is 5.12. The molecule has 1 aromatic rings.